The summed E-state index contributed by atoms with van der Waals surface area (Å²) in [4.78, 5) is 22.4. The van der Waals surface area contributed by atoms with Crippen LogP contribution in [0.2, 0.25) is 0 Å². The van der Waals surface area contributed by atoms with Gasteiger partial charge >= 0.3 is 25.6 Å². The first-order valence-electron chi connectivity index (χ1n) is 26.8. The third-order valence-corrected chi connectivity index (χ3v) is 12.5. The van der Waals surface area contributed by atoms with Gasteiger partial charge in [0.25, 0.3) is 0 Å². The average molecular weight is 1570 g/mol. The van der Waals surface area contributed by atoms with E-state index in [2.05, 4.69) is 136 Å². The molecule has 12 aromatic rings. The Balaban J connectivity index is 0.000000288. The minimum absolute atomic E-state index is 0. The molecule has 3 N–H and O–H groups in total. The molecule has 0 spiro atoms. The fraction of sp³-hybridized carbons (Fsp3) is 0.0986. The van der Waals surface area contributed by atoms with Crippen molar-refractivity contribution in [3.05, 3.63) is 292 Å². The van der Waals surface area contributed by atoms with E-state index in [0.29, 0.717) is 5.82 Å². The van der Waals surface area contributed by atoms with Crippen LogP contribution in [0.1, 0.15) is 23.6 Å². The maximum Gasteiger partial charge on any atom is 3.00 e. The van der Waals surface area contributed by atoms with Crippen molar-refractivity contribution in [3.8, 4) is 67.5 Å². The summed E-state index contributed by atoms with van der Waals surface area (Å²) in [6.45, 7) is 10.0. The van der Waals surface area contributed by atoms with Crippen LogP contribution in [0.4, 0.5) is 13.2 Å². The SMILES string of the molecule is CCO.CO.CO.Cc1cnc(-c2[c-]ccc(-c3ccccc3)c2)nc1.O=S(=O)([O-])C(F)(F)F.[CH2-]c1ccc(-c2ccccc2)cc1-c1ncc(C)c[n+]1[CH2-].[Ir+3].[Ir].[c-]1ccccc1-c1ccc2ccccc2n1.c1ccc(-c2ccc3ccccc3n2)cc1. The van der Waals surface area contributed by atoms with Gasteiger partial charge in [0.05, 0.1) is 22.6 Å². The molecule has 0 aliphatic rings. The fourth-order valence-corrected chi connectivity index (χ4v) is 7.94. The molecule has 89 heavy (non-hydrogen) atoms. The van der Waals surface area contributed by atoms with Gasteiger partial charge in [0, 0.05) is 64.3 Å². The Kier molecular flexibility index (Phi) is 32.4. The molecule has 0 atom stereocenters. The Bertz CT molecular complexity index is 4000. The fourth-order valence-electron chi connectivity index (χ4n) is 7.94. The van der Waals surface area contributed by atoms with Gasteiger partial charge in [-0.15, -0.1) is 88.4 Å². The second-order valence-electron chi connectivity index (χ2n) is 18.2. The normalized spacial score (nSPS) is 10.1. The largest absolute Gasteiger partial charge is 3.00 e. The van der Waals surface area contributed by atoms with E-state index in [4.69, 9.17) is 28.3 Å². The monoisotopic (exact) mass is 1570 g/mol. The quantitative estimate of drug-likeness (QED) is 0.0622. The van der Waals surface area contributed by atoms with E-state index < -0.39 is 15.6 Å². The number of hydrogen-bond donors (Lipinski definition) is 3. The molecule has 0 aliphatic carbocycles. The molecule has 12 nitrogen and oxygen atoms in total. The van der Waals surface area contributed by atoms with Crippen LogP contribution in [0.3, 0.4) is 0 Å². The first-order chi connectivity index (χ1) is 42.0. The van der Waals surface area contributed by atoms with Gasteiger partial charge in [-0.2, -0.15) is 31.7 Å². The predicted octanol–water partition coefficient (Wildman–Crippen LogP) is 14.6. The van der Waals surface area contributed by atoms with Crippen LogP contribution in [-0.4, -0.2) is 79.5 Å². The second kappa shape index (κ2) is 38.6. The zero-order valence-corrected chi connectivity index (χ0v) is 54.9. The van der Waals surface area contributed by atoms with E-state index in [-0.39, 0.29) is 46.8 Å². The van der Waals surface area contributed by atoms with Crippen LogP contribution in [0.15, 0.2) is 249 Å². The van der Waals surface area contributed by atoms with Gasteiger partial charge in [0.15, 0.2) is 15.9 Å². The van der Waals surface area contributed by atoms with Crippen LogP contribution in [0.25, 0.3) is 89.4 Å². The average Bonchev–Trinajstić information content (AvgIpc) is 2.16. The number of para-hydroxylation sites is 2. The number of pyridine rings is 2. The number of hydrogen-bond acceptors (Lipinski definition) is 11. The van der Waals surface area contributed by atoms with Crippen LogP contribution in [0, 0.1) is 40.0 Å². The summed E-state index contributed by atoms with van der Waals surface area (Å²) in [7, 11) is -0.0626. The summed E-state index contributed by atoms with van der Waals surface area (Å²) >= 11 is 0. The zero-order valence-electron chi connectivity index (χ0n) is 49.3. The third kappa shape index (κ3) is 23.4. The maximum absolute atomic E-state index is 10.7. The maximum atomic E-state index is 10.7. The molecule has 18 heteroatoms. The predicted molar refractivity (Wildman–Crippen MR) is 340 cm³/mol. The Morgan fingerprint density at radius 2 is 0.978 bits per heavy atom. The number of alkyl halides is 3. The summed E-state index contributed by atoms with van der Waals surface area (Å²) in [5.41, 5.74) is 10.3. The van der Waals surface area contributed by atoms with Crippen molar-refractivity contribution in [2.75, 3.05) is 20.8 Å². The first kappa shape index (κ1) is 74.6. The van der Waals surface area contributed by atoms with E-state index in [0.717, 1.165) is 92.5 Å². The van der Waals surface area contributed by atoms with E-state index in [1.807, 2.05) is 178 Å². The zero-order chi connectivity index (χ0) is 63.2. The van der Waals surface area contributed by atoms with Crippen LogP contribution >= 0.6 is 0 Å². The van der Waals surface area contributed by atoms with Crippen molar-refractivity contribution >= 4 is 31.9 Å². The smallest absolute Gasteiger partial charge is 0.741 e. The minimum atomic E-state index is -6.09. The van der Waals surface area contributed by atoms with E-state index >= 15 is 0 Å². The van der Waals surface area contributed by atoms with Gasteiger partial charge in [0.1, 0.15) is 6.20 Å². The summed E-state index contributed by atoms with van der Waals surface area (Å²) in [6.07, 6.45) is 7.47. The number of nitrogens with zero attached hydrogens (tertiary/aromatic N) is 6. The van der Waals surface area contributed by atoms with Gasteiger partial charge in [-0.25, -0.2) is 13.4 Å². The molecule has 0 saturated heterocycles. The second-order valence-corrected chi connectivity index (χ2v) is 19.6. The van der Waals surface area contributed by atoms with Crippen molar-refractivity contribution in [2.45, 2.75) is 26.3 Å². The van der Waals surface area contributed by atoms with Crippen LogP contribution < -0.4 is 4.57 Å². The third-order valence-electron chi connectivity index (χ3n) is 11.9. The molecule has 0 amide bonds. The molecule has 8 aromatic carbocycles. The molecule has 0 saturated carbocycles. The van der Waals surface area contributed by atoms with Gasteiger partial charge in [-0.05, 0) is 91.1 Å². The van der Waals surface area contributed by atoms with Gasteiger partial charge in [-0.1, -0.05) is 151 Å². The Morgan fingerprint density at radius 3 is 1.47 bits per heavy atom. The van der Waals surface area contributed by atoms with E-state index in [1.54, 1.807) is 11.5 Å². The van der Waals surface area contributed by atoms with Gasteiger partial charge < -0.3 is 24.4 Å². The molecule has 0 fully saturated rings. The Labute approximate surface area is 546 Å². The first-order valence-corrected chi connectivity index (χ1v) is 28.3. The minimum Gasteiger partial charge on any atom is -0.741 e. The van der Waals surface area contributed by atoms with Crippen LogP contribution in [-0.2, 0) is 50.3 Å². The van der Waals surface area contributed by atoms with Gasteiger partial charge in [0.2, 0.25) is 0 Å². The molecule has 4 aromatic heterocycles. The Hall–Kier alpha value is -8.64. The number of benzene rings is 8. The standard InChI is InChI=1S/C19H17N2.C17H13N2.C15H11N.C15H10N.C2H6O.CHF3O3S.2CH4O.2Ir/c1-14-12-20-19(21(3)13-14)18-11-17(10-9-15(18)2)16-7-5-4-6-8-16;1-13-11-18-17(19-12-13)16-9-5-8-15(10-16)14-6-3-2-4-7-14;2*1-2-6-12(7-3-1)15-11-10-13-8-4-5-9-14(13)16-15;1-2-3;2-1(3,4)8(5,6)7;2*1-2;;/h4-13H,2-3H2,1H3;2-8,10-12H,1H3;1-11H;1-6,8-11H;3H,2H2,1H3;(H,5,6,7);2*2H,1H3;;/q2*-1;;-1;;;;;;+3/p-1. The molecule has 0 aliphatic heterocycles. The molecule has 12 rings (SSSR count). The number of fused-ring (bicyclic) bond motifs is 2. The molecular weight excluding hydrogens is 1510 g/mol. The summed E-state index contributed by atoms with van der Waals surface area (Å²) in [6, 6.07) is 82.0. The molecule has 1 radical (unpaired) electrons. The molecular formula is C71H65F3Ir2N6O6S-. The van der Waals surface area contributed by atoms with Crippen molar-refractivity contribution in [2.24, 2.45) is 0 Å². The van der Waals surface area contributed by atoms with Crippen molar-refractivity contribution in [3.63, 3.8) is 0 Å². The summed E-state index contributed by atoms with van der Waals surface area (Å²) < 4.78 is 60.7. The van der Waals surface area contributed by atoms with Gasteiger partial charge in [-0.3, -0.25) is 15.0 Å². The number of aliphatic hydroxyl groups excluding tert-OH is 3. The number of aryl methyl sites for hydroxylation is 2. The number of rotatable bonds is 6. The van der Waals surface area contributed by atoms with E-state index in [1.165, 1.54) is 21.9 Å². The van der Waals surface area contributed by atoms with Crippen molar-refractivity contribution in [1.82, 2.24) is 24.9 Å². The Morgan fingerprint density at radius 1 is 0.539 bits per heavy atom. The molecule has 461 valence electrons. The molecule has 4 heterocycles. The summed E-state index contributed by atoms with van der Waals surface area (Å²) in [5, 5.41) is 23.9. The summed E-state index contributed by atoms with van der Waals surface area (Å²) in [5.74, 6) is 1.53. The van der Waals surface area contributed by atoms with Crippen molar-refractivity contribution in [1.29, 1.82) is 0 Å². The number of halogens is 3. The number of aromatic nitrogens is 6. The topological polar surface area (TPSA) is 186 Å². The van der Waals surface area contributed by atoms with Crippen LogP contribution in [0.5, 0.6) is 0 Å². The van der Waals surface area contributed by atoms with E-state index in [9.17, 15) is 13.2 Å². The molecule has 0 bridgehead atoms. The van der Waals surface area contributed by atoms with Crippen molar-refractivity contribution < 1.29 is 86.2 Å². The number of aliphatic hydroxyl groups is 3. The molecule has 0 unspecified atom stereocenters.